The average molecular weight is 552 g/mol. The first kappa shape index (κ1) is 33.9. The molecule has 0 aliphatic heterocycles. The van der Waals surface area contributed by atoms with E-state index in [0.717, 1.165) is 19.3 Å². The standard InChI is InChI=1S/C29H45NO9/c1-7-10-13-36-29(35)37-17-20(6)26(27(30)28(33)34)21-11-12-22(38-24(31)14-18(4)8-2)23(16-21)39-25(32)15-19(5)9-3/h11-12,16,18-20,26-27H,7-10,13-15,17,30H2,1-6H3,(H,33,34)/t18?,19?,20?,26?,27-/m0/s1. The number of esters is 2. The molecule has 0 fully saturated rings. The highest BCUT2D eigenvalue weighted by molar-refractivity contribution is 5.77. The largest absolute Gasteiger partial charge is 0.508 e. The molecule has 10 heteroatoms. The molecule has 39 heavy (non-hydrogen) atoms. The van der Waals surface area contributed by atoms with Gasteiger partial charge in [-0.3, -0.25) is 14.4 Å². The fourth-order valence-electron chi connectivity index (χ4n) is 3.77. The van der Waals surface area contributed by atoms with E-state index < -0.39 is 41.9 Å². The Morgan fingerprint density at radius 2 is 1.44 bits per heavy atom. The highest BCUT2D eigenvalue weighted by atomic mass is 16.7. The van der Waals surface area contributed by atoms with Crippen molar-refractivity contribution in [1.82, 2.24) is 0 Å². The summed E-state index contributed by atoms with van der Waals surface area (Å²) in [6.07, 6.45) is 2.63. The predicted molar refractivity (Wildman–Crippen MR) is 146 cm³/mol. The molecule has 0 aliphatic carbocycles. The first-order valence-corrected chi connectivity index (χ1v) is 13.8. The number of nitrogens with two attached hydrogens (primary N) is 1. The molecule has 3 N–H and O–H groups in total. The molecule has 220 valence electrons. The zero-order valence-electron chi connectivity index (χ0n) is 24.1. The summed E-state index contributed by atoms with van der Waals surface area (Å²) in [5.74, 6) is -3.37. The van der Waals surface area contributed by atoms with Crippen LogP contribution in [0, 0.1) is 17.8 Å². The first-order valence-electron chi connectivity index (χ1n) is 13.8. The molecule has 1 aromatic rings. The molecule has 0 aliphatic rings. The van der Waals surface area contributed by atoms with Gasteiger partial charge >= 0.3 is 24.1 Å². The highest BCUT2D eigenvalue weighted by Crippen LogP contribution is 2.36. The SMILES string of the molecule is CCCCOC(=O)OCC(C)C(c1ccc(OC(=O)CC(C)CC)c(OC(=O)CC(C)CC)c1)[C@H](N)C(=O)O. The second-order valence-electron chi connectivity index (χ2n) is 10.2. The van der Waals surface area contributed by atoms with E-state index in [1.54, 1.807) is 13.0 Å². The van der Waals surface area contributed by atoms with Gasteiger partial charge in [0, 0.05) is 18.8 Å². The van der Waals surface area contributed by atoms with Gasteiger partial charge in [0.1, 0.15) is 6.04 Å². The van der Waals surface area contributed by atoms with Crippen LogP contribution in [-0.4, -0.2) is 48.4 Å². The number of carbonyl (C=O) groups excluding carboxylic acids is 3. The molecule has 1 aromatic carbocycles. The Hall–Kier alpha value is -3.14. The Morgan fingerprint density at radius 1 is 0.872 bits per heavy atom. The molecule has 0 aromatic heterocycles. The zero-order valence-corrected chi connectivity index (χ0v) is 24.1. The lowest BCUT2D eigenvalue weighted by molar-refractivity contribution is -0.139. The van der Waals surface area contributed by atoms with Gasteiger partial charge in [0.25, 0.3) is 0 Å². The summed E-state index contributed by atoms with van der Waals surface area (Å²) in [7, 11) is 0. The van der Waals surface area contributed by atoms with Crippen molar-refractivity contribution in [3.8, 4) is 11.5 Å². The van der Waals surface area contributed by atoms with E-state index in [0.29, 0.717) is 12.0 Å². The third kappa shape index (κ3) is 12.1. The van der Waals surface area contributed by atoms with Crippen molar-refractivity contribution in [2.75, 3.05) is 13.2 Å². The number of carboxylic acids is 1. The minimum atomic E-state index is -1.36. The number of ether oxygens (including phenoxy) is 4. The lowest BCUT2D eigenvalue weighted by Crippen LogP contribution is -2.40. The number of hydrogen-bond acceptors (Lipinski definition) is 9. The van der Waals surface area contributed by atoms with E-state index in [1.165, 1.54) is 12.1 Å². The van der Waals surface area contributed by atoms with Crippen LogP contribution in [0.1, 0.15) is 91.5 Å². The van der Waals surface area contributed by atoms with E-state index in [-0.39, 0.29) is 49.4 Å². The molecule has 0 spiro atoms. The van der Waals surface area contributed by atoms with Crippen LogP contribution in [0.3, 0.4) is 0 Å². The third-order valence-electron chi connectivity index (χ3n) is 6.69. The van der Waals surface area contributed by atoms with Gasteiger partial charge in [-0.2, -0.15) is 0 Å². The highest BCUT2D eigenvalue weighted by Gasteiger charge is 2.33. The summed E-state index contributed by atoms with van der Waals surface area (Å²) >= 11 is 0. The van der Waals surface area contributed by atoms with Gasteiger partial charge in [-0.25, -0.2) is 4.79 Å². The van der Waals surface area contributed by atoms with Gasteiger partial charge in [0.15, 0.2) is 11.5 Å². The zero-order chi connectivity index (χ0) is 29.5. The minimum Gasteiger partial charge on any atom is -0.480 e. The van der Waals surface area contributed by atoms with Gasteiger partial charge in [-0.05, 0) is 41.9 Å². The van der Waals surface area contributed by atoms with Crippen LogP contribution in [-0.2, 0) is 23.9 Å². The van der Waals surface area contributed by atoms with E-state index >= 15 is 0 Å². The van der Waals surface area contributed by atoms with Crippen LogP contribution in [0.2, 0.25) is 0 Å². The number of carboxylic acid groups (broad SMARTS) is 1. The van der Waals surface area contributed by atoms with E-state index in [1.807, 2.05) is 34.6 Å². The summed E-state index contributed by atoms with van der Waals surface area (Å²) in [6, 6.07) is 3.14. The smallest absolute Gasteiger partial charge is 0.480 e. The molecule has 10 nitrogen and oxygen atoms in total. The average Bonchev–Trinajstić information content (AvgIpc) is 2.88. The van der Waals surface area contributed by atoms with E-state index in [4.69, 9.17) is 24.7 Å². The Bertz CT molecular complexity index is 949. The van der Waals surface area contributed by atoms with Gasteiger partial charge < -0.3 is 29.8 Å². The van der Waals surface area contributed by atoms with Gasteiger partial charge in [-0.1, -0.05) is 66.9 Å². The molecule has 0 saturated carbocycles. The fourth-order valence-corrected chi connectivity index (χ4v) is 3.77. The predicted octanol–water partition coefficient (Wildman–Crippen LogP) is 5.45. The van der Waals surface area contributed by atoms with Crippen LogP contribution >= 0.6 is 0 Å². The second-order valence-corrected chi connectivity index (χ2v) is 10.2. The van der Waals surface area contributed by atoms with Crippen molar-refractivity contribution in [2.45, 2.75) is 92.0 Å². The Labute approximate surface area is 231 Å². The third-order valence-corrected chi connectivity index (χ3v) is 6.69. The number of unbranched alkanes of at least 4 members (excludes halogenated alkanes) is 1. The molecule has 0 heterocycles. The van der Waals surface area contributed by atoms with Crippen molar-refractivity contribution < 1.29 is 43.2 Å². The van der Waals surface area contributed by atoms with Crippen LogP contribution < -0.4 is 15.2 Å². The van der Waals surface area contributed by atoms with Crippen molar-refractivity contribution in [3.05, 3.63) is 23.8 Å². The van der Waals surface area contributed by atoms with Gasteiger partial charge in [0.2, 0.25) is 0 Å². The molecule has 0 amide bonds. The molecular formula is C29H45NO9. The topological polar surface area (TPSA) is 151 Å². The molecule has 4 unspecified atom stereocenters. The fraction of sp³-hybridized carbons (Fsp3) is 0.655. The molecule has 0 saturated heterocycles. The van der Waals surface area contributed by atoms with Crippen LogP contribution in [0.25, 0.3) is 0 Å². The number of carbonyl (C=O) groups is 4. The molecule has 0 radical (unpaired) electrons. The first-order chi connectivity index (χ1) is 18.4. The maximum absolute atomic E-state index is 12.6. The van der Waals surface area contributed by atoms with Crippen molar-refractivity contribution in [1.29, 1.82) is 0 Å². The van der Waals surface area contributed by atoms with E-state index in [2.05, 4.69) is 0 Å². The maximum atomic E-state index is 12.6. The molecular weight excluding hydrogens is 506 g/mol. The number of aliphatic carboxylic acids is 1. The summed E-state index contributed by atoms with van der Waals surface area (Å²) < 4.78 is 21.3. The summed E-state index contributed by atoms with van der Waals surface area (Å²) in [6.45, 7) is 11.5. The maximum Gasteiger partial charge on any atom is 0.508 e. The minimum absolute atomic E-state index is 0.00649. The Morgan fingerprint density at radius 3 is 1.95 bits per heavy atom. The van der Waals surface area contributed by atoms with Gasteiger partial charge in [0.05, 0.1) is 13.2 Å². The van der Waals surface area contributed by atoms with Gasteiger partial charge in [-0.15, -0.1) is 0 Å². The van der Waals surface area contributed by atoms with E-state index in [9.17, 15) is 24.3 Å². The van der Waals surface area contributed by atoms with Crippen molar-refractivity contribution in [3.63, 3.8) is 0 Å². The van der Waals surface area contributed by atoms with Crippen LogP contribution in [0.5, 0.6) is 11.5 Å². The lowest BCUT2D eigenvalue weighted by Gasteiger charge is -2.28. The van der Waals surface area contributed by atoms with Crippen molar-refractivity contribution in [2.24, 2.45) is 23.5 Å². The summed E-state index contributed by atoms with van der Waals surface area (Å²) in [5, 5.41) is 9.69. The summed E-state index contributed by atoms with van der Waals surface area (Å²) in [5.41, 5.74) is 6.48. The Balaban J connectivity index is 3.30. The molecule has 0 bridgehead atoms. The molecule has 5 atom stereocenters. The number of rotatable bonds is 17. The van der Waals surface area contributed by atoms with Crippen molar-refractivity contribution >= 4 is 24.1 Å². The Kier molecular flexibility index (Phi) is 15.2. The second kappa shape index (κ2) is 17.4. The number of hydrogen-bond donors (Lipinski definition) is 2. The van der Waals surface area contributed by atoms with Crippen LogP contribution in [0.15, 0.2) is 18.2 Å². The quantitative estimate of drug-likeness (QED) is 0.145. The van der Waals surface area contributed by atoms with Crippen LogP contribution in [0.4, 0.5) is 4.79 Å². The normalized spacial score (nSPS) is 14.8. The number of benzene rings is 1. The molecule has 1 rings (SSSR count). The lowest BCUT2D eigenvalue weighted by atomic mass is 9.82. The monoisotopic (exact) mass is 551 g/mol. The summed E-state index contributed by atoms with van der Waals surface area (Å²) in [4.78, 5) is 48.9.